The van der Waals surface area contributed by atoms with Gasteiger partial charge in [0.2, 0.25) is 17.7 Å². The van der Waals surface area contributed by atoms with E-state index in [-0.39, 0.29) is 29.7 Å². The highest BCUT2D eigenvalue weighted by molar-refractivity contribution is 7.10. The predicted molar refractivity (Wildman–Crippen MR) is 119 cm³/mol. The van der Waals surface area contributed by atoms with Crippen LogP contribution in [0.25, 0.3) is 0 Å². The molecule has 7 heteroatoms. The van der Waals surface area contributed by atoms with Crippen LogP contribution in [0, 0.1) is 23.2 Å². The molecule has 0 unspecified atom stereocenters. The van der Waals surface area contributed by atoms with Gasteiger partial charge in [-0.1, -0.05) is 0 Å². The standard InChI is InChI=1S/C24H33N3O3S/c28-21(13-24-10-16-7-17(11-24)9-18(8-16)12-24)26-14-22(29)25-4-1-23(30)27-5-2-20-19(15-27)3-6-31-20/h3,6,16-18H,1-2,4-5,7-15H2,(H,25,29)(H,26,28). The van der Waals surface area contributed by atoms with Crippen molar-refractivity contribution in [1.82, 2.24) is 15.5 Å². The molecule has 3 amide bonds. The summed E-state index contributed by atoms with van der Waals surface area (Å²) in [5, 5.41) is 7.68. The van der Waals surface area contributed by atoms with Gasteiger partial charge in [-0.05, 0) is 85.1 Å². The van der Waals surface area contributed by atoms with Crippen LogP contribution < -0.4 is 10.6 Å². The number of nitrogens with zero attached hydrogens (tertiary/aromatic N) is 1. The molecule has 6 nitrogen and oxygen atoms in total. The number of hydrogen-bond donors (Lipinski definition) is 2. The molecule has 31 heavy (non-hydrogen) atoms. The molecule has 168 valence electrons. The molecule has 0 atom stereocenters. The molecule has 0 aromatic carbocycles. The Bertz CT molecular complexity index is 829. The van der Waals surface area contributed by atoms with Gasteiger partial charge in [0.05, 0.1) is 6.54 Å². The molecule has 0 radical (unpaired) electrons. The maximum absolute atomic E-state index is 12.5. The first kappa shape index (κ1) is 21.0. The van der Waals surface area contributed by atoms with Crippen molar-refractivity contribution in [3.63, 3.8) is 0 Å². The van der Waals surface area contributed by atoms with Crippen molar-refractivity contribution >= 4 is 29.1 Å². The van der Waals surface area contributed by atoms with Gasteiger partial charge < -0.3 is 15.5 Å². The molecule has 5 aliphatic rings. The Balaban J connectivity index is 1.00. The van der Waals surface area contributed by atoms with Gasteiger partial charge in [-0.2, -0.15) is 0 Å². The van der Waals surface area contributed by atoms with Crippen LogP contribution in [-0.2, 0) is 27.3 Å². The molecule has 2 heterocycles. The zero-order valence-electron chi connectivity index (χ0n) is 18.2. The van der Waals surface area contributed by atoms with Crippen molar-refractivity contribution in [3.05, 3.63) is 21.9 Å². The minimum absolute atomic E-state index is 0.00136. The number of thiophene rings is 1. The van der Waals surface area contributed by atoms with Crippen LogP contribution in [0.3, 0.4) is 0 Å². The third kappa shape index (κ3) is 4.66. The summed E-state index contributed by atoms with van der Waals surface area (Å²) in [6.45, 7) is 1.74. The van der Waals surface area contributed by atoms with Gasteiger partial charge in [-0.25, -0.2) is 0 Å². The summed E-state index contributed by atoms with van der Waals surface area (Å²) in [4.78, 5) is 40.4. The molecule has 4 fully saturated rings. The van der Waals surface area contributed by atoms with E-state index >= 15 is 0 Å². The number of nitrogens with one attached hydrogen (secondary N) is 2. The molecule has 1 aromatic heterocycles. The Kier molecular flexibility index (Phi) is 5.80. The summed E-state index contributed by atoms with van der Waals surface area (Å²) in [7, 11) is 0. The highest BCUT2D eigenvalue weighted by Crippen LogP contribution is 2.61. The molecule has 4 bridgehead atoms. The van der Waals surface area contributed by atoms with Crippen molar-refractivity contribution in [2.24, 2.45) is 23.2 Å². The lowest BCUT2D eigenvalue weighted by Crippen LogP contribution is -2.48. The van der Waals surface area contributed by atoms with Gasteiger partial charge >= 0.3 is 0 Å². The van der Waals surface area contributed by atoms with Crippen LogP contribution in [0.5, 0.6) is 0 Å². The zero-order valence-corrected chi connectivity index (χ0v) is 19.0. The molecular weight excluding hydrogens is 410 g/mol. The first-order valence-electron chi connectivity index (χ1n) is 11.8. The van der Waals surface area contributed by atoms with E-state index in [1.165, 1.54) is 49.0 Å². The first-order chi connectivity index (χ1) is 15.0. The average molecular weight is 444 g/mol. The van der Waals surface area contributed by atoms with Crippen molar-refractivity contribution in [2.75, 3.05) is 19.6 Å². The number of hydrogen-bond acceptors (Lipinski definition) is 4. The Labute approximate surface area is 188 Å². The van der Waals surface area contributed by atoms with Crippen LogP contribution in [0.2, 0.25) is 0 Å². The smallest absolute Gasteiger partial charge is 0.239 e. The average Bonchev–Trinajstić information content (AvgIpc) is 3.18. The molecular formula is C24H33N3O3S. The lowest BCUT2D eigenvalue weighted by atomic mass is 9.49. The van der Waals surface area contributed by atoms with E-state index in [4.69, 9.17) is 0 Å². The molecule has 4 saturated carbocycles. The summed E-state index contributed by atoms with van der Waals surface area (Å²) < 4.78 is 0. The highest BCUT2D eigenvalue weighted by Gasteiger charge is 2.51. The second kappa shape index (κ2) is 8.57. The quantitative estimate of drug-likeness (QED) is 0.680. The normalized spacial score (nSPS) is 30.7. The molecule has 0 spiro atoms. The second-order valence-corrected chi connectivity index (χ2v) is 11.4. The maximum atomic E-state index is 12.5. The maximum Gasteiger partial charge on any atom is 0.239 e. The Morgan fingerprint density at radius 1 is 1.03 bits per heavy atom. The Hall–Kier alpha value is -1.89. The monoisotopic (exact) mass is 443 g/mol. The fourth-order valence-corrected chi connectivity index (χ4v) is 7.97. The predicted octanol–water partition coefficient (Wildman–Crippen LogP) is 2.86. The van der Waals surface area contributed by atoms with Crippen LogP contribution >= 0.6 is 11.3 Å². The van der Waals surface area contributed by atoms with Gasteiger partial charge in [0.1, 0.15) is 0 Å². The van der Waals surface area contributed by atoms with Gasteiger partial charge in [0.15, 0.2) is 0 Å². The van der Waals surface area contributed by atoms with E-state index in [0.29, 0.717) is 25.9 Å². The van der Waals surface area contributed by atoms with Crippen molar-refractivity contribution in [3.8, 4) is 0 Å². The summed E-state index contributed by atoms with van der Waals surface area (Å²) in [5.74, 6) is 2.34. The fourth-order valence-electron chi connectivity index (χ4n) is 7.08. The van der Waals surface area contributed by atoms with E-state index in [9.17, 15) is 14.4 Å². The minimum atomic E-state index is -0.217. The van der Waals surface area contributed by atoms with E-state index < -0.39 is 0 Å². The Morgan fingerprint density at radius 2 is 1.74 bits per heavy atom. The molecule has 1 aliphatic heterocycles. The molecule has 6 rings (SSSR count). The molecule has 4 aliphatic carbocycles. The van der Waals surface area contributed by atoms with Crippen molar-refractivity contribution in [2.45, 2.75) is 64.3 Å². The first-order valence-corrected chi connectivity index (χ1v) is 12.7. The van der Waals surface area contributed by atoms with E-state index in [1.807, 2.05) is 4.90 Å². The minimum Gasteiger partial charge on any atom is -0.354 e. The zero-order chi connectivity index (χ0) is 21.4. The number of amides is 3. The fraction of sp³-hybridized carbons (Fsp3) is 0.708. The number of fused-ring (bicyclic) bond motifs is 1. The van der Waals surface area contributed by atoms with E-state index in [1.54, 1.807) is 11.3 Å². The summed E-state index contributed by atoms with van der Waals surface area (Å²) in [5.41, 5.74) is 1.44. The largest absolute Gasteiger partial charge is 0.354 e. The summed E-state index contributed by atoms with van der Waals surface area (Å²) >= 11 is 1.76. The van der Waals surface area contributed by atoms with Gasteiger partial charge in [-0.3, -0.25) is 14.4 Å². The molecule has 2 N–H and O–H groups in total. The number of carbonyl (C=O) groups is 3. The molecule has 1 aromatic rings. The SMILES string of the molecule is O=C(CNC(=O)CC12CC3CC(CC(C3)C1)C2)NCCC(=O)N1CCc2sccc2C1. The van der Waals surface area contributed by atoms with Crippen molar-refractivity contribution in [1.29, 1.82) is 0 Å². The van der Waals surface area contributed by atoms with Gasteiger partial charge in [-0.15, -0.1) is 11.3 Å². The van der Waals surface area contributed by atoms with Crippen molar-refractivity contribution < 1.29 is 14.4 Å². The van der Waals surface area contributed by atoms with Crippen LogP contribution in [0.4, 0.5) is 0 Å². The number of carbonyl (C=O) groups excluding carboxylic acids is 3. The van der Waals surface area contributed by atoms with E-state index in [2.05, 4.69) is 22.1 Å². The third-order valence-corrected chi connectivity index (χ3v) is 8.99. The van der Waals surface area contributed by atoms with Crippen LogP contribution in [0.1, 0.15) is 61.8 Å². The lowest BCUT2D eigenvalue weighted by molar-refractivity contribution is -0.133. The van der Waals surface area contributed by atoms with Gasteiger partial charge in [0.25, 0.3) is 0 Å². The summed E-state index contributed by atoms with van der Waals surface area (Å²) in [6.07, 6.45) is 9.49. The van der Waals surface area contributed by atoms with Gasteiger partial charge in [0, 0.05) is 37.4 Å². The lowest BCUT2D eigenvalue weighted by Gasteiger charge is -2.56. The number of rotatable bonds is 7. The topological polar surface area (TPSA) is 78.5 Å². The molecule has 0 saturated heterocycles. The summed E-state index contributed by atoms with van der Waals surface area (Å²) in [6, 6.07) is 2.09. The van der Waals surface area contributed by atoms with E-state index in [0.717, 1.165) is 30.7 Å². The van der Waals surface area contributed by atoms with Crippen LogP contribution in [0.15, 0.2) is 11.4 Å². The van der Waals surface area contributed by atoms with Crippen LogP contribution in [-0.4, -0.2) is 42.3 Å². The Morgan fingerprint density at radius 3 is 2.45 bits per heavy atom. The third-order valence-electron chi connectivity index (χ3n) is 7.97. The highest BCUT2D eigenvalue weighted by atomic mass is 32.1. The second-order valence-electron chi connectivity index (χ2n) is 10.4.